The van der Waals surface area contributed by atoms with Crippen molar-refractivity contribution in [2.45, 2.75) is 31.8 Å². The molecule has 1 atom stereocenters. The second-order valence-corrected chi connectivity index (χ2v) is 5.27. The Morgan fingerprint density at radius 1 is 1.37 bits per heavy atom. The summed E-state index contributed by atoms with van der Waals surface area (Å²) in [7, 11) is 2.02. The number of hydrogen-bond acceptors (Lipinski definition) is 1. The largest absolute Gasteiger partial charge is 0.349 e. The smallest absolute Gasteiger partial charge is 0.123 e. The van der Waals surface area contributed by atoms with Crippen molar-refractivity contribution in [1.29, 1.82) is 0 Å². The third kappa shape index (κ3) is 2.56. The van der Waals surface area contributed by atoms with Crippen LogP contribution < -0.4 is 5.32 Å². The fraction of sp³-hybridized carbons (Fsp3) is 0.375. The number of nitrogens with one attached hydrogen (secondary N) is 1. The molecule has 0 fully saturated rings. The molecule has 0 spiro atoms. The van der Waals surface area contributed by atoms with Crippen LogP contribution in [0.3, 0.4) is 0 Å². The second kappa shape index (κ2) is 5.17. The van der Waals surface area contributed by atoms with Gasteiger partial charge in [0.25, 0.3) is 0 Å². The van der Waals surface area contributed by atoms with Gasteiger partial charge in [-0.2, -0.15) is 0 Å². The highest BCUT2D eigenvalue weighted by Crippen LogP contribution is 2.30. The van der Waals surface area contributed by atoms with E-state index in [1.54, 1.807) is 12.1 Å². The van der Waals surface area contributed by atoms with Crippen molar-refractivity contribution >= 4 is 0 Å². The lowest BCUT2D eigenvalue weighted by Crippen LogP contribution is -2.20. The SMILES string of the molecule is CNC1CCCc2cn(Cc3cccc(F)c3)cc21. The molecule has 0 saturated heterocycles. The van der Waals surface area contributed by atoms with Gasteiger partial charge in [-0.1, -0.05) is 12.1 Å². The minimum atomic E-state index is -0.164. The topological polar surface area (TPSA) is 17.0 Å². The molecule has 0 bridgehead atoms. The number of rotatable bonds is 3. The van der Waals surface area contributed by atoms with Crippen molar-refractivity contribution in [2.24, 2.45) is 0 Å². The van der Waals surface area contributed by atoms with Gasteiger partial charge in [-0.05, 0) is 55.1 Å². The summed E-state index contributed by atoms with van der Waals surface area (Å²) in [5.74, 6) is -0.164. The lowest BCUT2D eigenvalue weighted by molar-refractivity contribution is 0.498. The van der Waals surface area contributed by atoms with Crippen LogP contribution in [0.4, 0.5) is 4.39 Å². The molecule has 19 heavy (non-hydrogen) atoms. The van der Waals surface area contributed by atoms with Gasteiger partial charge in [0.05, 0.1) is 0 Å². The summed E-state index contributed by atoms with van der Waals surface area (Å²) in [6.07, 6.45) is 8.02. The van der Waals surface area contributed by atoms with Crippen molar-refractivity contribution in [3.63, 3.8) is 0 Å². The number of halogens is 1. The van der Waals surface area contributed by atoms with Crippen LogP contribution in [0.15, 0.2) is 36.7 Å². The molecule has 2 nitrogen and oxygen atoms in total. The van der Waals surface area contributed by atoms with E-state index in [1.165, 1.54) is 30.0 Å². The average Bonchev–Trinajstić information content (AvgIpc) is 2.80. The maximum Gasteiger partial charge on any atom is 0.123 e. The quantitative estimate of drug-likeness (QED) is 0.894. The zero-order valence-corrected chi connectivity index (χ0v) is 11.2. The van der Waals surface area contributed by atoms with Crippen LogP contribution in [-0.2, 0) is 13.0 Å². The normalized spacial score (nSPS) is 18.3. The predicted molar refractivity (Wildman–Crippen MR) is 74.7 cm³/mol. The maximum atomic E-state index is 13.2. The average molecular weight is 258 g/mol. The Hall–Kier alpha value is -1.61. The number of nitrogens with zero attached hydrogens (tertiary/aromatic N) is 1. The van der Waals surface area contributed by atoms with Gasteiger partial charge in [0, 0.05) is 25.0 Å². The molecule has 0 saturated carbocycles. The summed E-state index contributed by atoms with van der Waals surface area (Å²) < 4.78 is 15.4. The van der Waals surface area contributed by atoms with Gasteiger partial charge in [0.15, 0.2) is 0 Å². The van der Waals surface area contributed by atoms with Crippen LogP contribution in [-0.4, -0.2) is 11.6 Å². The Labute approximate surface area is 113 Å². The van der Waals surface area contributed by atoms with E-state index in [0.29, 0.717) is 6.04 Å². The Balaban J connectivity index is 1.85. The van der Waals surface area contributed by atoms with Crippen molar-refractivity contribution in [3.05, 3.63) is 59.2 Å². The lowest BCUT2D eigenvalue weighted by atomic mass is 9.91. The maximum absolute atomic E-state index is 13.2. The summed E-state index contributed by atoms with van der Waals surface area (Å²) in [6.45, 7) is 0.737. The van der Waals surface area contributed by atoms with E-state index in [4.69, 9.17) is 0 Å². The van der Waals surface area contributed by atoms with Crippen molar-refractivity contribution in [1.82, 2.24) is 9.88 Å². The van der Waals surface area contributed by atoms with Gasteiger partial charge in [-0.15, -0.1) is 0 Å². The van der Waals surface area contributed by atoms with E-state index in [9.17, 15) is 4.39 Å². The molecule has 1 heterocycles. The van der Waals surface area contributed by atoms with Gasteiger partial charge in [-0.3, -0.25) is 0 Å². The van der Waals surface area contributed by atoms with E-state index in [2.05, 4.69) is 22.3 Å². The van der Waals surface area contributed by atoms with Crippen molar-refractivity contribution in [3.8, 4) is 0 Å². The first-order valence-corrected chi connectivity index (χ1v) is 6.86. The van der Waals surface area contributed by atoms with E-state index >= 15 is 0 Å². The van der Waals surface area contributed by atoms with Crippen molar-refractivity contribution < 1.29 is 4.39 Å². The Morgan fingerprint density at radius 2 is 2.26 bits per heavy atom. The Morgan fingerprint density at radius 3 is 3.05 bits per heavy atom. The number of aromatic nitrogens is 1. The Kier molecular flexibility index (Phi) is 3.38. The highest BCUT2D eigenvalue weighted by molar-refractivity contribution is 5.31. The van der Waals surface area contributed by atoms with Gasteiger partial charge >= 0.3 is 0 Å². The third-order valence-electron chi connectivity index (χ3n) is 3.91. The van der Waals surface area contributed by atoms with Crippen LogP contribution in [0.1, 0.15) is 35.6 Å². The first kappa shape index (κ1) is 12.4. The summed E-state index contributed by atoms with van der Waals surface area (Å²) in [5.41, 5.74) is 3.85. The monoisotopic (exact) mass is 258 g/mol. The van der Waals surface area contributed by atoms with E-state index < -0.39 is 0 Å². The predicted octanol–water partition coefficient (Wildman–Crippen LogP) is 3.27. The molecule has 0 aliphatic heterocycles. The number of hydrogen-bond donors (Lipinski definition) is 1. The minimum Gasteiger partial charge on any atom is -0.349 e. The molecule has 1 aromatic carbocycles. The zero-order chi connectivity index (χ0) is 13.2. The van der Waals surface area contributed by atoms with Gasteiger partial charge in [0.2, 0.25) is 0 Å². The van der Waals surface area contributed by atoms with Crippen LogP contribution in [0.5, 0.6) is 0 Å². The molecule has 0 radical (unpaired) electrons. The molecule has 1 aliphatic rings. The molecule has 1 N–H and O–H groups in total. The van der Waals surface area contributed by atoms with Crippen molar-refractivity contribution in [2.75, 3.05) is 7.05 Å². The van der Waals surface area contributed by atoms with E-state index in [1.807, 2.05) is 13.1 Å². The highest BCUT2D eigenvalue weighted by Gasteiger charge is 2.20. The number of benzene rings is 1. The Bertz CT molecular complexity index is 574. The lowest BCUT2D eigenvalue weighted by Gasteiger charge is -2.21. The molecule has 0 amide bonds. The number of fused-ring (bicyclic) bond motifs is 1. The summed E-state index contributed by atoms with van der Waals surface area (Å²) in [4.78, 5) is 0. The van der Waals surface area contributed by atoms with Gasteiger partial charge in [-0.25, -0.2) is 4.39 Å². The van der Waals surface area contributed by atoms with Crippen LogP contribution >= 0.6 is 0 Å². The van der Waals surface area contributed by atoms with E-state index in [-0.39, 0.29) is 5.82 Å². The van der Waals surface area contributed by atoms with Crippen LogP contribution in [0.2, 0.25) is 0 Å². The second-order valence-electron chi connectivity index (χ2n) is 5.27. The molecule has 100 valence electrons. The fourth-order valence-corrected chi connectivity index (χ4v) is 2.99. The van der Waals surface area contributed by atoms with Crippen LogP contribution in [0, 0.1) is 5.82 Å². The van der Waals surface area contributed by atoms with Gasteiger partial charge in [0.1, 0.15) is 5.82 Å². The molecule has 1 aliphatic carbocycles. The first-order chi connectivity index (χ1) is 9.26. The third-order valence-corrected chi connectivity index (χ3v) is 3.91. The summed E-state index contributed by atoms with van der Waals surface area (Å²) >= 11 is 0. The molecule has 1 unspecified atom stereocenters. The molecule has 2 aromatic rings. The summed E-state index contributed by atoms with van der Waals surface area (Å²) in [5, 5.41) is 3.37. The highest BCUT2D eigenvalue weighted by atomic mass is 19.1. The first-order valence-electron chi connectivity index (χ1n) is 6.86. The standard InChI is InChI=1S/C16H19FN2/c1-18-16-7-3-5-13-10-19(11-15(13)16)9-12-4-2-6-14(17)8-12/h2,4,6,8,10-11,16,18H,3,5,7,9H2,1H3. The van der Waals surface area contributed by atoms with E-state index in [0.717, 1.165) is 18.5 Å². The molecule has 3 heteroatoms. The fourth-order valence-electron chi connectivity index (χ4n) is 2.99. The number of aryl methyl sites for hydroxylation is 1. The summed E-state index contributed by atoms with van der Waals surface area (Å²) in [6, 6.07) is 7.30. The zero-order valence-electron chi connectivity index (χ0n) is 11.2. The van der Waals surface area contributed by atoms with Gasteiger partial charge < -0.3 is 9.88 Å². The molecule has 1 aromatic heterocycles. The minimum absolute atomic E-state index is 0.164. The molecule has 3 rings (SSSR count). The van der Waals surface area contributed by atoms with Crippen LogP contribution in [0.25, 0.3) is 0 Å². The molecular weight excluding hydrogens is 239 g/mol. The molecular formula is C16H19FN2.